The second-order valence-electron chi connectivity index (χ2n) is 9.79. The van der Waals surface area contributed by atoms with Crippen LogP contribution >= 0.6 is 0 Å². The zero-order valence-corrected chi connectivity index (χ0v) is 19.6. The summed E-state index contributed by atoms with van der Waals surface area (Å²) >= 11 is 0. The Bertz CT molecular complexity index is 1250. The van der Waals surface area contributed by atoms with E-state index in [2.05, 4.69) is 10.3 Å². The van der Waals surface area contributed by atoms with Gasteiger partial charge in [-0.05, 0) is 69.9 Å². The predicted octanol–water partition coefficient (Wildman–Crippen LogP) is 3.71. The maximum Gasteiger partial charge on any atom is 0.494 e. The van der Waals surface area contributed by atoms with Crippen molar-refractivity contribution >= 4 is 41.2 Å². The fourth-order valence-corrected chi connectivity index (χ4v) is 4.05. The molecule has 10 heteroatoms. The normalized spacial score (nSPS) is 21.0. The third-order valence-electron chi connectivity index (χ3n) is 6.94. The average molecular weight is 467 g/mol. The SMILES string of the molecule is CC1(C)OB(c2ccc(Nc3nc4ccc(C(=O)O)cc4n3C[C@@H]3CCO3)c(F)c2)OC1(C)C. The van der Waals surface area contributed by atoms with Gasteiger partial charge in [0.25, 0.3) is 0 Å². The van der Waals surface area contributed by atoms with Gasteiger partial charge in [0.15, 0.2) is 0 Å². The number of aromatic nitrogens is 2. The number of benzene rings is 2. The van der Waals surface area contributed by atoms with E-state index in [-0.39, 0.29) is 17.4 Å². The maximum absolute atomic E-state index is 15.2. The van der Waals surface area contributed by atoms with Crippen molar-refractivity contribution < 1.29 is 28.3 Å². The summed E-state index contributed by atoms with van der Waals surface area (Å²) in [6.07, 6.45) is 0.900. The number of anilines is 2. The van der Waals surface area contributed by atoms with Gasteiger partial charge in [0.2, 0.25) is 5.95 Å². The fourth-order valence-electron chi connectivity index (χ4n) is 4.05. The van der Waals surface area contributed by atoms with Crippen LogP contribution < -0.4 is 10.8 Å². The van der Waals surface area contributed by atoms with Crippen molar-refractivity contribution in [2.24, 2.45) is 0 Å². The molecule has 1 aromatic heterocycles. The van der Waals surface area contributed by atoms with Gasteiger partial charge in [0, 0.05) is 6.61 Å². The van der Waals surface area contributed by atoms with Gasteiger partial charge in [0.1, 0.15) is 5.82 Å². The Morgan fingerprint density at radius 1 is 1.21 bits per heavy atom. The molecule has 3 aromatic rings. The summed E-state index contributed by atoms with van der Waals surface area (Å²) in [7, 11) is -0.664. The summed E-state index contributed by atoms with van der Waals surface area (Å²) in [6, 6.07) is 9.52. The van der Waals surface area contributed by atoms with Crippen LogP contribution in [0.2, 0.25) is 0 Å². The zero-order chi connectivity index (χ0) is 24.3. The number of aromatic carboxylic acids is 1. The van der Waals surface area contributed by atoms with Gasteiger partial charge in [-0.1, -0.05) is 6.07 Å². The van der Waals surface area contributed by atoms with Gasteiger partial charge in [-0.25, -0.2) is 14.2 Å². The number of hydrogen-bond donors (Lipinski definition) is 2. The molecule has 2 fully saturated rings. The van der Waals surface area contributed by atoms with Crippen LogP contribution in [0.5, 0.6) is 0 Å². The summed E-state index contributed by atoms with van der Waals surface area (Å²) in [5, 5.41) is 12.5. The summed E-state index contributed by atoms with van der Waals surface area (Å²) < 4.78 is 34.6. The number of fused-ring (bicyclic) bond motifs is 1. The molecule has 3 heterocycles. The first-order chi connectivity index (χ1) is 16.0. The molecule has 0 amide bonds. The molecule has 0 bridgehead atoms. The van der Waals surface area contributed by atoms with E-state index < -0.39 is 30.1 Å². The second kappa shape index (κ2) is 8.07. The summed E-state index contributed by atoms with van der Waals surface area (Å²) in [4.78, 5) is 16.1. The molecule has 2 aromatic carbocycles. The lowest BCUT2D eigenvalue weighted by atomic mass is 9.79. The number of nitrogens with one attached hydrogen (secondary N) is 1. The first kappa shape index (κ1) is 22.8. The molecule has 2 N–H and O–H groups in total. The van der Waals surface area contributed by atoms with Crippen LogP contribution in [0.25, 0.3) is 11.0 Å². The number of carbonyl (C=O) groups is 1. The highest BCUT2D eigenvalue weighted by molar-refractivity contribution is 6.62. The summed E-state index contributed by atoms with van der Waals surface area (Å²) in [5.41, 5.74) is 1.21. The molecule has 0 unspecified atom stereocenters. The Morgan fingerprint density at radius 3 is 2.50 bits per heavy atom. The molecule has 8 nitrogen and oxygen atoms in total. The highest BCUT2D eigenvalue weighted by atomic mass is 19.1. The summed E-state index contributed by atoms with van der Waals surface area (Å²) in [6.45, 7) is 8.97. The molecular weight excluding hydrogens is 440 g/mol. The van der Waals surface area contributed by atoms with E-state index in [0.29, 0.717) is 35.6 Å². The third-order valence-corrected chi connectivity index (χ3v) is 6.94. The second-order valence-corrected chi connectivity index (χ2v) is 9.79. The standard InChI is InChI=1S/C24H27BFN3O5/c1-23(2)24(3,4)34-25(33-23)15-6-8-18(17(26)12-15)27-22-28-19-7-5-14(21(30)31)11-20(19)29(22)13-16-9-10-32-16/h5-8,11-12,16H,9-10,13H2,1-4H3,(H,27,28)(H,30,31)/t16-/m0/s1. The quantitative estimate of drug-likeness (QED) is 0.534. The number of hydrogen-bond acceptors (Lipinski definition) is 6. The van der Waals surface area contributed by atoms with E-state index >= 15 is 4.39 Å². The van der Waals surface area contributed by atoms with Gasteiger partial charge in [-0.2, -0.15) is 0 Å². The molecule has 1 atom stereocenters. The smallest absolute Gasteiger partial charge is 0.478 e. The highest BCUT2D eigenvalue weighted by Crippen LogP contribution is 2.36. The summed E-state index contributed by atoms with van der Waals surface area (Å²) in [5.74, 6) is -1.08. The van der Waals surface area contributed by atoms with Crippen LogP contribution in [0, 0.1) is 5.82 Å². The Hall–Kier alpha value is -2.95. The molecule has 2 aliphatic rings. The minimum absolute atomic E-state index is 0.00188. The Balaban J connectivity index is 1.45. The monoisotopic (exact) mass is 467 g/mol. The number of carboxylic acid groups (broad SMARTS) is 1. The van der Waals surface area contributed by atoms with E-state index in [0.717, 1.165) is 6.42 Å². The van der Waals surface area contributed by atoms with Crippen molar-refractivity contribution in [3.05, 3.63) is 47.8 Å². The lowest BCUT2D eigenvalue weighted by Crippen LogP contribution is -2.41. The van der Waals surface area contributed by atoms with E-state index in [9.17, 15) is 9.90 Å². The zero-order valence-electron chi connectivity index (χ0n) is 19.6. The van der Waals surface area contributed by atoms with Crippen LogP contribution in [0.3, 0.4) is 0 Å². The number of carboxylic acids is 1. The third kappa shape index (κ3) is 3.95. The van der Waals surface area contributed by atoms with Crippen molar-refractivity contribution in [1.82, 2.24) is 9.55 Å². The van der Waals surface area contributed by atoms with Crippen LogP contribution in [0.1, 0.15) is 44.5 Å². The molecule has 178 valence electrons. The maximum atomic E-state index is 15.2. The molecule has 0 radical (unpaired) electrons. The van der Waals surface area contributed by atoms with Crippen molar-refractivity contribution in [3.8, 4) is 0 Å². The van der Waals surface area contributed by atoms with Crippen molar-refractivity contribution in [2.75, 3.05) is 11.9 Å². The molecule has 2 aliphatic heterocycles. The van der Waals surface area contributed by atoms with Gasteiger partial charge in [-0.3, -0.25) is 0 Å². The first-order valence-corrected chi connectivity index (χ1v) is 11.3. The van der Waals surface area contributed by atoms with E-state index in [1.165, 1.54) is 12.1 Å². The molecule has 34 heavy (non-hydrogen) atoms. The molecule has 5 rings (SSSR count). The lowest BCUT2D eigenvalue weighted by Gasteiger charge is -2.32. The van der Waals surface area contributed by atoms with Crippen LogP contribution in [-0.2, 0) is 20.6 Å². The predicted molar refractivity (Wildman–Crippen MR) is 126 cm³/mol. The molecule has 0 aliphatic carbocycles. The number of rotatable bonds is 6. The van der Waals surface area contributed by atoms with Crippen LogP contribution in [-0.4, -0.2) is 51.7 Å². The van der Waals surface area contributed by atoms with E-state index in [1.807, 2.05) is 32.3 Å². The van der Waals surface area contributed by atoms with Crippen molar-refractivity contribution in [2.45, 2.75) is 58.0 Å². The lowest BCUT2D eigenvalue weighted by molar-refractivity contribution is -0.0583. The fraction of sp³-hybridized carbons (Fsp3) is 0.417. The van der Waals surface area contributed by atoms with Crippen LogP contribution in [0.4, 0.5) is 16.0 Å². The van der Waals surface area contributed by atoms with E-state index in [1.54, 1.807) is 24.3 Å². The van der Waals surface area contributed by atoms with E-state index in [4.69, 9.17) is 14.0 Å². The first-order valence-electron chi connectivity index (χ1n) is 11.3. The molecule has 0 saturated carbocycles. The van der Waals surface area contributed by atoms with Crippen LogP contribution in [0.15, 0.2) is 36.4 Å². The number of imidazole rings is 1. The molecule has 2 saturated heterocycles. The van der Waals surface area contributed by atoms with Crippen molar-refractivity contribution in [3.63, 3.8) is 0 Å². The largest absolute Gasteiger partial charge is 0.494 e. The minimum Gasteiger partial charge on any atom is -0.478 e. The Morgan fingerprint density at radius 2 is 1.91 bits per heavy atom. The topological polar surface area (TPSA) is 94.8 Å². The number of nitrogens with zero attached hydrogens (tertiary/aromatic N) is 2. The average Bonchev–Trinajstić information content (AvgIpc) is 3.18. The molecular formula is C24H27BFN3O5. The number of ether oxygens (including phenoxy) is 1. The van der Waals surface area contributed by atoms with Crippen molar-refractivity contribution in [1.29, 1.82) is 0 Å². The number of halogens is 1. The van der Waals surface area contributed by atoms with Gasteiger partial charge < -0.3 is 29.0 Å². The highest BCUT2D eigenvalue weighted by Gasteiger charge is 2.51. The Labute approximate surface area is 197 Å². The van der Waals surface area contributed by atoms with Gasteiger partial charge >= 0.3 is 13.1 Å². The van der Waals surface area contributed by atoms with Gasteiger partial charge in [-0.15, -0.1) is 0 Å². The minimum atomic E-state index is -1.02. The molecule has 0 spiro atoms. The Kier molecular flexibility index (Phi) is 5.42. The van der Waals surface area contributed by atoms with Gasteiger partial charge in [0.05, 0.1) is 46.1 Å².